The van der Waals surface area contributed by atoms with Crippen LogP contribution in [0.1, 0.15) is 13.8 Å². The summed E-state index contributed by atoms with van der Waals surface area (Å²) < 4.78 is 20.7. The standard InChI is InChI=1S/C11H22O4Si/c1-9(5-12-3)7-14-11(16)15-8-10(2)6-13-4/h7-8,11H,5-6H2,1-4,16H3. The Morgan fingerprint density at radius 3 is 1.69 bits per heavy atom. The number of methoxy groups -OCH3 is 2. The van der Waals surface area contributed by atoms with E-state index in [0.29, 0.717) is 13.2 Å². The summed E-state index contributed by atoms with van der Waals surface area (Å²) in [5.41, 5.74) is 2.06. The first-order valence-corrected chi connectivity index (χ1v) is 6.35. The molecule has 0 amide bonds. The normalized spacial score (nSPS) is 15.0. The molecule has 0 aromatic heterocycles. The zero-order valence-corrected chi connectivity index (χ0v) is 12.8. The first-order valence-electron chi connectivity index (χ1n) is 5.20. The van der Waals surface area contributed by atoms with Gasteiger partial charge in [0, 0.05) is 14.2 Å². The van der Waals surface area contributed by atoms with Gasteiger partial charge >= 0.3 is 0 Å². The minimum Gasteiger partial charge on any atom is -0.468 e. The summed E-state index contributed by atoms with van der Waals surface area (Å²) in [7, 11) is 4.10. The van der Waals surface area contributed by atoms with Gasteiger partial charge in [0.1, 0.15) is 10.2 Å². The van der Waals surface area contributed by atoms with Crippen molar-refractivity contribution < 1.29 is 18.9 Å². The van der Waals surface area contributed by atoms with Crippen LogP contribution in [-0.4, -0.2) is 43.6 Å². The van der Waals surface area contributed by atoms with Crippen molar-refractivity contribution in [3.63, 3.8) is 0 Å². The van der Waals surface area contributed by atoms with E-state index >= 15 is 0 Å². The molecule has 0 spiro atoms. The van der Waals surface area contributed by atoms with Crippen molar-refractivity contribution in [3.8, 4) is 0 Å². The number of hydrogen-bond acceptors (Lipinski definition) is 4. The predicted octanol–water partition coefficient (Wildman–Crippen LogP) is 0.769. The maximum absolute atomic E-state index is 5.40. The van der Waals surface area contributed by atoms with Crippen molar-refractivity contribution in [2.24, 2.45) is 0 Å². The van der Waals surface area contributed by atoms with Gasteiger partial charge in [0.15, 0.2) is 0 Å². The fourth-order valence-electron chi connectivity index (χ4n) is 0.979. The molecule has 0 unspecified atom stereocenters. The Morgan fingerprint density at radius 2 is 1.38 bits per heavy atom. The van der Waals surface area contributed by atoms with Crippen LogP contribution >= 0.6 is 0 Å². The Kier molecular flexibility index (Phi) is 8.98. The van der Waals surface area contributed by atoms with Gasteiger partial charge < -0.3 is 18.9 Å². The highest BCUT2D eigenvalue weighted by Gasteiger charge is 1.98. The Morgan fingerprint density at radius 1 is 1.00 bits per heavy atom. The van der Waals surface area contributed by atoms with Crippen LogP contribution in [0.15, 0.2) is 23.7 Å². The van der Waals surface area contributed by atoms with Crippen molar-refractivity contribution in [3.05, 3.63) is 23.7 Å². The van der Waals surface area contributed by atoms with E-state index in [1.807, 2.05) is 13.8 Å². The van der Waals surface area contributed by atoms with Gasteiger partial charge in [0.2, 0.25) is 5.91 Å². The van der Waals surface area contributed by atoms with Crippen LogP contribution in [-0.2, 0) is 18.9 Å². The Balaban J connectivity index is 3.86. The molecule has 0 aromatic rings. The molecule has 0 rings (SSSR count). The molecule has 0 N–H and O–H groups in total. The van der Waals surface area contributed by atoms with Gasteiger partial charge in [0.25, 0.3) is 0 Å². The molecule has 5 heteroatoms. The molecule has 0 atom stereocenters. The first-order chi connectivity index (χ1) is 7.60. The molecular formula is C11H22O4Si. The zero-order chi connectivity index (χ0) is 12.4. The SMILES string of the molecule is COCC(C)=COC([SiH3])OC=C(C)COC. The lowest BCUT2D eigenvalue weighted by atomic mass is 10.4. The summed E-state index contributed by atoms with van der Waals surface area (Å²) >= 11 is 0. The Bertz CT molecular complexity index is 214. The van der Waals surface area contributed by atoms with Crippen LogP contribution in [0, 0.1) is 0 Å². The van der Waals surface area contributed by atoms with Gasteiger partial charge in [-0.25, -0.2) is 0 Å². The van der Waals surface area contributed by atoms with Crippen molar-refractivity contribution in [1.29, 1.82) is 0 Å². The topological polar surface area (TPSA) is 36.9 Å². The van der Waals surface area contributed by atoms with E-state index in [9.17, 15) is 0 Å². The molecule has 16 heavy (non-hydrogen) atoms. The van der Waals surface area contributed by atoms with Crippen LogP contribution < -0.4 is 0 Å². The summed E-state index contributed by atoms with van der Waals surface area (Å²) in [5, 5.41) is 0. The van der Waals surface area contributed by atoms with Crippen molar-refractivity contribution in [1.82, 2.24) is 0 Å². The molecule has 0 aliphatic heterocycles. The summed E-state index contributed by atoms with van der Waals surface area (Å²) in [5.74, 6) is -0.182. The minimum atomic E-state index is -0.182. The highest BCUT2D eigenvalue weighted by Crippen LogP contribution is 2.00. The Hall–Kier alpha value is -0.783. The second kappa shape index (κ2) is 9.44. The van der Waals surface area contributed by atoms with Crippen molar-refractivity contribution >= 4 is 10.2 Å². The summed E-state index contributed by atoms with van der Waals surface area (Å²) in [6, 6.07) is 0. The van der Waals surface area contributed by atoms with Crippen molar-refractivity contribution in [2.75, 3.05) is 27.4 Å². The lowest BCUT2D eigenvalue weighted by Gasteiger charge is -2.12. The van der Waals surface area contributed by atoms with Gasteiger partial charge in [-0.1, -0.05) is 0 Å². The van der Waals surface area contributed by atoms with Crippen LogP contribution in [0.4, 0.5) is 0 Å². The third-order valence-electron chi connectivity index (χ3n) is 1.67. The van der Waals surface area contributed by atoms with Gasteiger partial charge in [-0.3, -0.25) is 0 Å². The molecule has 0 aliphatic carbocycles. The fourth-order valence-corrected chi connectivity index (χ4v) is 1.25. The number of rotatable bonds is 8. The van der Waals surface area contributed by atoms with Crippen LogP contribution in [0.5, 0.6) is 0 Å². The van der Waals surface area contributed by atoms with Gasteiger partial charge in [-0.15, -0.1) is 0 Å². The highest BCUT2D eigenvalue weighted by molar-refractivity contribution is 6.10. The molecule has 94 valence electrons. The monoisotopic (exact) mass is 246 g/mol. The van der Waals surface area contributed by atoms with E-state index < -0.39 is 0 Å². The van der Waals surface area contributed by atoms with Gasteiger partial charge in [-0.05, 0) is 25.0 Å². The molecule has 0 fully saturated rings. The second-order valence-electron chi connectivity index (χ2n) is 3.63. The van der Waals surface area contributed by atoms with Gasteiger partial charge in [-0.2, -0.15) is 0 Å². The second-order valence-corrected chi connectivity index (χ2v) is 4.58. The van der Waals surface area contributed by atoms with Crippen molar-refractivity contribution in [2.45, 2.75) is 19.8 Å². The molecule has 0 aromatic carbocycles. The number of hydrogen-bond donors (Lipinski definition) is 0. The molecule has 0 saturated heterocycles. The van der Waals surface area contributed by atoms with E-state index in [0.717, 1.165) is 21.4 Å². The third kappa shape index (κ3) is 8.52. The van der Waals surface area contributed by atoms with Crippen LogP contribution in [0.3, 0.4) is 0 Å². The maximum Gasteiger partial charge on any atom is 0.207 e. The average Bonchev–Trinajstić information content (AvgIpc) is 2.24. The smallest absolute Gasteiger partial charge is 0.207 e. The quantitative estimate of drug-likeness (QED) is 0.360. The fraction of sp³-hybridized carbons (Fsp3) is 0.636. The molecule has 4 nitrogen and oxygen atoms in total. The van der Waals surface area contributed by atoms with Crippen LogP contribution in [0.2, 0.25) is 0 Å². The van der Waals surface area contributed by atoms with Crippen LogP contribution in [0.25, 0.3) is 0 Å². The molecule has 0 bridgehead atoms. The maximum atomic E-state index is 5.40. The van der Waals surface area contributed by atoms with E-state index in [4.69, 9.17) is 18.9 Å². The van der Waals surface area contributed by atoms with E-state index in [2.05, 4.69) is 0 Å². The minimum absolute atomic E-state index is 0.182. The third-order valence-corrected chi connectivity index (χ3v) is 2.21. The zero-order valence-electron chi connectivity index (χ0n) is 10.8. The Labute approximate surface area is 101 Å². The molecule has 0 radical (unpaired) electrons. The lowest BCUT2D eigenvalue weighted by Crippen LogP contribution is -2.12. The van der Waals surface area contributed by atoms with Gasteiger partial charge in [0.05, 0.1) is 25.7 Å². The molecule has 0 aliphatic rings. The van der Waals surface area contributed by atoms with E-state index in [1.165, 1.54) is 0 Å². The first kappa shape index (κ1) is 15.2. The van der Waals surface area contributed by atoms with E-state index in [-0.39, 0.29) is 5.91 Å². The van der Waals surface area contributed by atoms with E-state index in [1.54, 1.807) is 26.7 Å². The highest BCUT2D eigenvalue weighted by atomic mass is 28.1. The summed E-state index contributed by atoms with van der Waals surface area (Å²) in [4.78, 5) is 0. The summed E-state index contributed by atoms with van der Waals surface area (Å²) in [6.07, 6.45) is 3.36. The lowest BCUT2D eigenvalue weighted by molar-refractivity contribution is 0.00101. The average molecular weight is 246 g/mol. The molecular weight excluding hydrogens is 224 g/mol. The predicted molar refractivity (Wildman–Crippen MR) is 67.2 cm³/mol. The molecule has 0 saturated carbocycles. The number of ether oxygens (including phenoxy) is 4. The molecule has 0 heterocycles. The largest absolute Gasteiger partial charge is 0.468 e. The summed E-state index contributed by atoms with van der Waals surface area (Å²) in [6.45, 7) is 5.05.